The first kappa shape index (κ1) is 14.4. The fraction of sp³-hybridized carbons (Fsp3) is 0.700. The Bertz CT molecular complexity index is 344. The van der Waals surface area contributed by atoms with Crippen LogP contribution < -0.4 is 16.6 Å². The van der Waals surface area contributed by atoms with Crippen LogP contribution in [0.25, 0.3) is 0 Å². The molecule has 1 unspecified atom stereocenters. The Kier molecular flexibility index (Phi) is 5.53. The molecule has 1 atom stereocenters. The standard InChI is InChI=1S/C10H19N5O3/c1-3-7-9(17)13-8(16)6-15(7)10(14-11)12-4-5-18-2/h7H,3-6,11H2,1-2H3,(H,12,14)(H,13,16,17). The number of nitrogens with zero attached hydrogens (tertiary/aromatic N) is 2. The fourth-order valence-electron chi connectivity index (χ4n) is 1.76. The maximum Gasteiger partial charge on any atom is 0.249 e. The smallest absolute Gasteiger partial charge is 0.249 e. The van der Waals surface area contributed by atoms with E-state index in [-0.39, 0.29) is 18.4 Å². The van der Waals surface area contributed by atoms with Gasteiger partial charge in [-0.15, -0.1) is 0 Å². The van der Waals surface area contributed by atoms with Gasteiger partial charge in [0.2, 0.25) is 17.8 Å². The average molecular weight is 257 g/mol. The van der Waals surface area contributed by atoms with Crippen molar-refractivity contribution in [3.05, 3.63) is 0 Å². The molecule has 1 fully saturated rings. The minimum Gasteiger partial charge on any atom is -0.383 e. The van der Waals surface area contributed by atoms with Crippen molar-refractivity contribution in [1.82, 2.24) is 15.6 Å². The first-order valence-electron chi connectivity index (χ1n) is 5.74. The van der Waals surface area contributed by atoms with Crippen LogP contribution in [0.5, 0.6) is 0 Å². The molecule has 1 aliphatic heterocycles. The van der Waals surface area contributed by atoms with Gasteiger partial charge in [-0.3, -0.25) is 20.3 Å². The van der Waals surface area contributed by atoms with Crippen molar-refractivity contribution in [3.8, 4) is 0 Å². The Morgan fingerprint density at radius 2 is 2.39 bits per heavy atom. The molecule has 0 bridgehead atoms. The minimum atomic E-state index is -0.444. The van der Waals surface area contributed by atoms with E-state index in [0.29, 0.717) is 25.5 Å². The molecule has 1 saturated heterocycles. The van der Waals surface area contributed by atoms with Crippen LogP contribution in [0.1, 0.15) is 13.3 Å². The van der Waals surface area contributed by atoms with Crippen molar-refractivity contribution >= 4 is 17.8 Å². The lowest BCUT2D eigenvalue weighted by molar-refractivity contribution is -0.137. The van der Waals surface area contributed by atoms with E-state index >= 15 is 0 Å². The third kappa shape index (κ3) is 3.41. The van der Waals surface area contributed by atoms with Crippen LogP contribution >= 0.6 is 0 Å². The van der Waals surface area contributed by atoms with E-state index in [1.165, 1.54) is 0 Å². The van der Waals surface area contributed by atoms with Gasteiger partial charge in [0.25, 0.3) is 0 Å². The number of hydrazine groups is 1. The summed E-state index contributed by atoms with van der Waals surface area (Å²) in [6.07, 6.45) is 0.560. The summed E-state index contributed by atoms with van der Waals surface area (Å²) in [7, 11) is 1.57. The zero-order valence-electron chi connectivity index (χ0n) is 10.6. The SMILES string of the molecule is CCC1C(=O)NC(=O)CN1C(=NCCOC)NN. The highest BCUT2D eigenvalue weighted by Crippen LogP contribution is 2.09. The van der Waals surface area contributed by atoms with Gasteiger partial charge >= 0.3 is 0 Å². The molecule has 2 amide bonds. The second-order valence-corrected chi connectivity index (χ2v) is 3.81. The lowest BCUT2D eigenvalue weighted by Gasteiger charge is -2.35. The van der Waals surface area contributed by atoms with Crippen LogP contribution in [0.15, 0.2) is 4.99 Å². The number of hydrogen-bond donors (Lipinski definition) is 3. The summed E-state index contributed by atoms with van der Waals surface area (Å²) in [4.78, 5) is 28.8. The Labute approximate surface area is 106 Å². The number of carbonyl (C=O) groups excluding carboxylic acids is 2. The number of ether oxygens (including phenoxy) is 1. The zero-order chi connectivity index (χ0) is 13.5. The number of piperazine rings is 1. The Morgan fingerprint density at radius 1 is 1.67 bits per heavy atom. The summed E-state index contributed by atoms with van der Waals surface area (Å²) in [5.41, 5.74) is 2.42. The largest absolute Gasteiger partial charge is 0.383 e. The maximum absolute atomic E-state index is 11.7. The van der Waals surface area contributed by atoms with E-state index in [9.17, 15) is 9.59 Å². The lowest BCUT2D eigenvalue weighted by Crippen LogP contribution is -2.62. The summed E-state index contributed by atoms with van der Waals surface area (Å²) >= 11 is 0. The molecule has 1 aliphatic rings. The fourth-order valence-corrected chi connectivity index (χ4v) is 1.76. The molecule has 102 valence electrons. The van der Waals surface area contributed by atoms with Gasteiger partial charge in [0.05, 0.1) is 13.2 Å². The minimum absolute atomic E-state index is 0.0558. The highest BCUT2D eigenvalue weighted by atomic mass is 16.5. The third-order valence-corrected chi connectivity index (χ3v) is 2.60. The second-order valence-electron chi connectivity index (χ2n) is 3.81. The summed E-state index contributed by atoms with van der Waals surface area (Å²) in [6, 6.07) is -0.444. The van der Waals surface area contributed by atoms with E-state index in [4.69, 9.17) is 10.6 Å². The predicted octanol–water partition coefficient (Wildman–Crippen LogP) is -1.81. The molecule has 8 nitrogen and oxygen atoms in total. The molecule has 1 rings (SSSR count). The van der Waals surface area contributed by atoms with E-state index < -0.39 is 6.04 Å². The van der Waals surface area contributed by atoms with E-state index in [0.717, 1.165) is 0 Å². The molecule has 1 heterocycles. The van der Waals surface area contributed by atoms with Crippen molar-refractivity contribution in [1.29, 1.82) is 0 Å². The van der Waals surface area contributed by atoms with Crippen LogP contribution in [-0.4, -0.2) is 55.5 Å². The van der Waals surface area contributed by atoms with Gasteiger partial charge < -0.3 is 9.64 Å². The molecule has 0 aromatic heterocycles. The van der Waals surface area contributed by atoms with Crippen molar-refractivity contribution in [3.63, 3.8) is 0 Å². The van der Waals surface area contributed by atoms with Crippen LogP contribution in [0.4, 0.5) is 0 Å². The number of nitrogens with two attached hydrogens (primary N) is 1. The predicted molar refractivity (Wildman–Crippen MR) is 65.4 cm³/mol. The van der Waals surface area contributed by atoms with Gasteiger partial charge in [0.1, 0.15) is 12.6 Å². The van der Waals surface area contributed by atoms with E-state index in [1.807, 2.05) is 6.92 Å². The van der Waals surface area contributed by atoms with Gasteiger partial charge in [-0.2, -0.15) is 0 Å². The normalized spacial score (nSPS) is 20.9. The Balaban J connectivity index is 2.83. The van der Waals surface area contributed by atoms with Crippen molar-refractivity contribution in [2.45, 2.75) is 19.4 Å². The molecule has 0 aromatic rings. The summed E-state index contributed by atoms with van der Waals surface area (Å²) in [5.74, 6) is 5.02. The van der Waals surface area contributed by atoms with Crippen LogP contribution in [-0.2, 0) is 14.3 Å². The number of imide groups is 1. The van der Waals surface area contributed by atoms with Gasteiger partial charge in [-0.05, 0) is 6.42 Å². The Hall–Kier alpha value is -1.67. The number of rotatable bonds is 4. The number of amides is 2. The molecule has 0 spiro atoms. The second kappa shape index (κ2) is 6.92. The Morgan fingerprint density at radius 3 is 2.94 bits per heavy atom. The molecular formula is C10H19N5O3. The number of nitrogens with one attached hydrogen (secondary N) is 2. The highest BCUT2D eigenvalue weighted by Gasteiger charge is 2.34. The molecule has 0 saturated carbocycles. The number of methoxy groups -OCH3 is 1. The first-order chi connectivity index (χ1) is 8.63. The molecule has 8 heteroatoms. The first-order valence-corrected chi connectivity index (χ1v) is 5.74. The lowest BCUT2D eigenvalue weighted by atomic mass is 10.1. The average Bonchev–Trinajstić information content (AvgIpc) is 2.34. The van der Waals surface area contributed by atoms with Crippen LogP contribution in [0.3, 0.4) is 0 Å². The van der Waals surface area contributed by atoms with Gasteiger partial charge in [-0.25, -0.2) is 10.8 Å². The van der Waals surface area contributed by atoms with Gasteiger partial charge in [0.15, 0.2) is 0 Å². The molecule has 0 aliphatic carbocycles. The number of guanidine groups is 1. The third-order valence-electron chi connectivity index (χ3n) is 2.60. The molecule has 0 aromatic carbocycles. The quantitative estimate of drug-likeness (QED) is 0.137. The summed E-state index contributed by atoms with van der Waals surface area (Å²) < 4.78 is 4.88. The van der Waals surface area contributed by atoms with Gasteiger partial charge in [-0.1, -0.05) is 6.92 Å². The van der Waals surface area contributed by atoms with Crippen LogP contribution in [0.2, 0.25) is 0 Å². The zero-order valence-corrected chi connectivity index (χ0v) is 10.6. The summed E-state index contributed by atoms with van der Waals surface area (Å²) in [6.45, 7) is 2.76. The molecule has 0 radical (unpaired) electrons. The van der Waals surface area contributed by atoms with Crippen molar-refractivity contribution < 1.29 is 14.3 Å². The number of carbonyl (C=O) groups is 2. The monoisotopic (exact) mass is 257 g/mol. The molecular weight excluding hydrogens is 238 g/mol. The summed E-state index contributed by atoms with van der Waals surface area (Å²) in [5, 5.41) is 2.29. The van der Waals surface area contributed by atoms with E-state index in [1.54, 1.807) is 12.0 Å². The molecule has 18 heavy (non-hydrogen) atoms. The van der Waals surface area contributed by atoms with Gasteiger partial charge in [0, 0.05) is 7.11 Å². The van der Waals surface area contributed by atoms with Crippen molar-refractivity contribution in [2.75, 3.05) is 26.8 Å². The maximum atomic E-state index is 11.7. The van der Waals surface area contributed by atoms with E-state index in [2.05, 4.69) is 15.7 Å². The molecule has 4 N–H and O–H groups in total. The number of hydrogen-bond acceptors (Lipinski definition) is 5. The highest BCUT2D eigenvalue weighted by molar-refractivity contribution is 6.04. The number of aliphatic imine (C=N–C) groups is 1. The van der Waals surface area contributed by atoms with Crippen molar-refractivity contribution in [2.24, 2.45) is 10.8 Å². The van der Waals surface area contributed by atoms with Crippen LogP contribution in [0, 0.1) is 0 Å². The topological polar surface area (TPSA) is 109 Å².